The van der Waals surface area contributed by atoms with Gasteiger partial charge < -0.3 is 14.5 Å². The van der Waals surface area contributed by atoms with E-state index in [1.165, 1.54) is 30.4 Å². The topological polar surface area (TPSA) is 85.6 Å². The number of carbonyl (C=O) groups is 2. The van der Waals surface area contributed by atoms with Crippen LogP contribution in [0.1, 0.15) is 22.4 Å². The standard InChI is InChI=1S/C18H14ClNO5S/c1-10(17(22)20-9-12-3-2-6-26-12)24-18(23)16-8-14(21)13-7-11(19)4-5-15(13)25-16/h2-8,10H,9H2,1H3,(H,20,22)/t10-/m1/s1. The summed E-state index contributed by atoms with van der Waals surface area (Å²) < 4.78 is 10.5. The van der Waals surface area contributed by atoms with Crippen molar-refractivity contribution in [3.8, 4) is 0 Å². The minimum absolute atomic E-state index is 0.212. The summed E-state index contributed by atoms with van der Waals surface area (Å²) in [7, 11) is 0. The first-order valence-electron chi connectivity index (χ1n) is 7.68. The predicted octanol–water partition coefficient (Wildman–Crippen LogP) is 3.37. The van der Waals surface area contributed by atoms with Crippen molar-refractivity contribution < 1.29 is 18.7 Å². The van der Waals surface area contributed by atoms with Gasteiger partial charge in [0.05, 0.1) is 11.9 Å². The molecule has 26 heavy (non-hydrogen) atoms. The number of nitrogens with one attached hydrogen (secondary N) is 1. The van der Waals surface area contributed by atoms with Crippen LogP contribution in [0.2, 0.25) is 5.02 Å². The van der Waals surface area contributed by atoms with E-state index < -0.39 is 23.4 Å². The van der Waals surface area contributed by atoms with E-state index in [0.717, 1.165) is 10.9 Å². The molecule has 134 valence electrons. The van der Waals surface area contributed by atoms with Crippen molar-refractivity contribution in [2.24, 2.45) is 0 Å². The Kier molecular flexibility index (Phi) is 5.39. The molecular weight excluding hydrogens is 378 g/mol. The molecule has 1 atom stereocenters. The molecule has 3 aromatic rings. The molecule has 0 aliphatic heterocycles. The average molecular weight is 392 g/mol. The Morgan fingerprint density at radius 2 is 2.12 bits per heavy atom. The zero-order chi connectivity index (χ0) is 18.7. The van der Waals surface area contributed by atoms with Crippen molar-refractivity contribution in [3.05, 3.63) is 67.7 Å². The second-order valence-electron chi connectivity index (χ2n) is 5.46. The number of benzene rings is 1. The third-order valence-corrected chi connectivity index (χ3v) is 4.67. The van der Waals surface area contributed by atoms with Gasteiger partial charge in [0, 0.05) is 16.0 Å². The quantitative estimate of drug-likeness (QED) is 0.674. The number of fused-ring (bicyclic) bond motifs is 1. The highest BCUT2D eigenvalue weighted by molar-refractivity contribution is 7.09. The molecule has 0 saturated carbocycles. The maximum Gasteiger partial charge on any atom is 0.375 e. The summed E-state index contributed by atoms with van der Waals surface area (Å²) in [5.41, 5.74) is -0.209. The number of rotatable bonds is 5. The molecule has 0 aliphatic carbocycles. The monoisotopic (exact) mass is 391 g/mol. The van der Waals surface area contributed by atoms with Gasteiger partial charge >= 0.3 is 5.97 Å². The molecule has 0 saturated heterocycles. The Morgan fingerprint density at radius 1 is 1.31 bits per heavy atom. The Bertz CT molecular complexity index is 1010. The summed E-state index contributed by atoms with van der Waals surface area (Å²) in [6, 6.07) is 9.29. The lowest BCUT2D eigenvalue weighted by Gasteiger charge is -2.12. The number of carbonyl (C=O) groups excluding carboxylic acids is 2. The fourth-order valence-electron chi connectivity index (χ4n) is 2.23. The van der Waals surface area contributed by atoms with Crippen molar-refractivity contribution in [3.63, 3.8) is 0 Å². The zero-order valence-electron chi connectivity index (χ0n) is 13.7. The van der Waals surface area contributed by atoms with Gasteiger partial charge in [-0.15, -0.1) is 11.3 Å². The Balaban J connectivity index is 1.69. The molecule has 0 radical (unpaired) electrons. The highest BCUT2D eigenvalue weighted by Gasteiger charge is 2.21. The number of thiophene rings is 1. The molecule has 0 bridgehead atoms. The van der Waals surface area contributed by atoms with Crippen LogP contribution in [0.3, 0.4) is 0 Å². The molecule has 0 spiro atoms. The molecule has 3 rings (SSSR count). The van der Waals surface area contributed by atoms with Crippen LogP contribution in [0, 0.1) is 0 Å². The van der Waals surface area contributed by atoms with Crippen LogP contribution in [-0.2, 0) is 16.1 Å². The number of hydrogen-bond donors (Lipinski definition) is 1. The van der Waals surface area contributed by atoms with E-state index in [1.807, 2.05) is 17.5 Å². The summed E-state index contributed by atoms with van der Waals surface area (Å²) in [4.78, 5) is 37.3. The zero-order valence-corrected chi connectivity index (χ0v) is 15.2. The van der Waals surface area contributed by atoms with E-state index in [2.05, 4.69) is 5.32 Å². The van der Waals surface area contributed by atoms with Crippen molar-refractivity contribution in [1.29, 1.82) is 0 Å². The lowest BCUT2D eigenvalue weighted by atomic mass is 10.2. The van der Waals surface area contributed by atoms with Crippen molar-refractivity contribution in [1.82, 2.24) is 5.32 Å². The third-order valence-electron chi connectivity index (χ3n) is 3.56. The Labute approximate surface area is 157 Å². The normalized spacial score (nSPS) is 11.9. The van der Waals surface area contributed by atoms with Gasteiger partial charge in [0.25, 0.3) is 5.91 Å². The van der Waals surface area contributed by atoms with E-state index >= 15 is 0 Å². The fourth-order valence-corrected chi connectivity index (χ4v) is 3.05. The summed E-state index contributed by atoms with van der Waals surface area (Å²) in [5, 5.41) is 5.22. The van der Waals surface area contributed by atoms with Crippen molar-refractivity contribution in [2.45, 2.75) is 19.6 Å². The highest BCUT2D eigenvalue weighted by Crippen LogP contribution is 2.18. The van der Waals surface area contributed by atoms with Crippen molar-refractivity contribution >= 4 is 45.8 Å². The van der Waals surface area contributed by atoms with E-state index in [0.29, 0.717) is 11.6 Å². The van der Waals surface area contributed by atoms with Gasteiger partial charge in [0.2, 0.25) is 5.76 Å². The first-order valence-corrected chi connectivity index (χ1v) is 8.94. The van der Waals surface area contributed by atoms with Gasteiger partial charge in [-0.2, -0.15) is 0 Å². The summed E-state index contributed by atoms with van der Waals surface area (Å²) >= 11 is 7.36. The molecule has 1 amide bonds. The predicted molar refractivity (Wildman–Crippen MR) is 98.5 cm³/mol. The Hall–Kier alpha value is -2.64. The molecule has 2 heterocycles. The van der Waals surface area contributed by atoms with Crippen LogP contribution < -0.4 is 10.7 Å². The minimum atomic E-state index is -1.03. The fraction of sp³-hybridized carbons (Fsp3) is 0.167. The van der Waals surface area contributed by atoms with Crippen LogP contribution in [0.15, 0.2) is 51.0 Å². The van der Waals surface area contributed by atoms with E-state index in [1.54, 1.807) is 6.07 Å². The van der Waals surface area contributed by atoms with Gasteiger partial charge in [0.15, 0.2) is 11.5 Å². The summed E-state index contributed by atoms with van der Waals surface area (Å²) in [6.45, 7) is 1.80. The van der Waals surface area contributed by atoms with Crippen LogP contribution in [0.25, 0.3) is 11.0 Å². The van der Waals surface area contributed by atoms with Crippen molar-refractivity contribution in [2.75, 3.05) is 0 Å². The van der Waals surface area contributed by atoms with Gasteiger partial charge in [-0.3, -0.25) is 9.59 Å². The smallest absolute Gasteiger partial charge is 0.375 e. The van der Waals surface area contributed by atoms with Crippen LogP contribution >= 0.6 is 22.9 Å². The van der Waals surface area contributed by atoms with Gasteiger partial charge in [-0.1, -0.05) is 17.7 Å². The second-order valence-corrected chi connectivity index (χ2v) is 6.93. The lowest BCUT2D eigenvalue weighted by Crippen LogP contribution is -2.35. The molecule has 0 aliphatic rings. The number of halogens is 1. The van der Waals surface area contributed by atoms with Gasteiger partial charge in [-0.05, 0) is 36.6 Å². The number of amides is 1. The van der Waals surface area contributed by atoms with E-state index in [4.69, 9.17) is 20.8 Å². The first kappa shape index (κ1) is 18.2. The van der Waals surface area contributed by atoms with Gasteiger partial charge in [-0.25, -0.2) is 4.79 Å². The van der Waals surface area contributed by atoms with Crippen LogP contribution in [-0.4, -0.2) is 18.0 Å². The lowest BCUT2D eigenvalue weighted by molar-refractivity contribution is -0.129. The minimum Gasteiger partial charge on any atom is -0.449 e. The van der Waals surface area contributed by atoms with E-state index in [-0.39, 0.29) is 16.7 Å². The summed E-state index contributed by atoms with van der Waals surface area (Å²) in [6.07, 6.45) is -1.03. The highest BCUT2D eigenvalue weighted by atomic mass is 35.5. The molecule has 8 heteroatoms. The molecule has 1 aromatic carbocycles. The largest absolute Gasteiger partial charge is 0.449 e. The SMILES string of the molecule is C[C@@H](OC(=O)c1cc(=O)c2cc(Cl)ccc2o1)C(=O)NCc1cccs1. The Morgan fingerprint density at radius 3 is 2.85 bits per heavy atom. The second kappa shape index (κ2) is 7.72. The number of ether oxygens (including phenoxy) is 1. The van der Waals surface area contributed by atoms with Crippen LogP contribution in [0.5, 0.6) is 0 Å². The maximum absolute atomic E-state index is 12.2. The maximum atomic E-state index is 12.2. The molecule has 2 aromatic heterocycles. The average Bonchev–Trinajstić information content (AvgIpc) is 3.13. The third kappa shape index (κ3) is 4.12. The first-order chi connectivity index (χ1) is 12.4. The molecule has 6 nitrogen and oxygen atoms in total. The molecule has 0 unspecified atom stereocenters. The van der Waals surface area contributed by atoms with Gasteiger partial charge in [0.1, 0.15) is 5.58 Å². The van der Waals surface area contributed by atoms with E-state index in [9.17, 15) is 14.4 Å². The molecule has 1 N–H and O–H groups in total. The molecule has 0 fully saturated rings. The number of hydrogen-bond acceptors (Lipinski definition) is 6. The summed E-state index contributed by atoms with van der Waals surface area (Å²) in [5.74, 6) is -1.61. The molecular formula is C18H14ClNO5S. The van der Waals surface area contributed by atoms with Crippen LogP contribution in [0.4, 0.5) is 0 Å². The number of esters is 1.